The number of anilines is 1. The number of nitrogens with one attached hydrogen (secondary N) is 1. The first kappa shape index (κ1) is 17.8. The van der Waals surface area contributed by atoms with Crippen LogP contribution in [0.4, 0.5) is 18.9 Å². The maximum atomic E-state index is 13.0. The minimum Gasteiger partial charge on any atom is -0.389 e. The summed E-state index contributed by atoms with van der Waals surface area (Å²) in [7, 11) is 0. The molecule has 0 aliphatic heterocycles. The third kappa shape index (κ3) is 5.91. The average Bonchev–Trinajstić information content (AvgIpc) is 2.36. The van der Waals surface area contributed by atoms with Crippen molar-refractivity contribution in [3.63, 3.8) is 0 Å². The second-order valence-electron chi connectivity index (χ2n) is 5.44. The summed E-state index contributed by atoms with van der Waals surface area (Å²) in [6.45, 7) is 4.95. The normalized spacial score (nSPS) is 11.7. The lowest BCUT2D eigenvalue weighted by Crippen LogP contribution is -2.18. The number of rotatable bonds is 7. The van der Waals surface area contributed by atoms with Gasteiger partial charge < -0.3 is 11.1 Å². The van der Waals surface area contributed by atoms with Crippen LogP contribution < -0.4 is 11.1 Å². The zero-order valence-corrected chi connectivity index (χ0v) is 13.1. The van der Waals surface area contributed by atoms with Crippen LogP contribution in [0.2, 0.25) is 0 Å². The molecular formula is C15H21F3N2S. The summed E-state index contributed by atoms with van der Waals surface area (Å²) in [6, 6.07) is 3.96. The highest BCUT2D eigenvalue weighted by atomic mass is 32.1. The van der Waals surface area contributed by atoms with Gasteiger partial charge in [-0.25, -0.2) is 0 Å². The number of thiocarbonyl (C=S) groups is 1. The van der Waals surface area contributed by atoms with E-state index in [1.54, 1.807) is 6.07 Å². The van der Waals surface area contributed by atoms with E-state index in [4.69, 9.17) is 5.73 Å². The quantitative estimate of drug-likeness (QED) is 0.571. The number of nitrogens with two attached hydrogens (primary N) is 1. The Hall–Kier alpha value is -1.30. The summed E-state index contributed by atoms with van der Waals surface area (Å²) < 4.78 is 38.9. The summed E-state index contributed by atoms with van der Waals surface area (Å²) in [6.07, 6.45) is -1.36. The monoisotopic (exact) mass is 318 g/mol. The lowest BCUT2D eigenvalue weighted by Gasteiger charge is -2.15. The van der Waals surface area contributed by atoms with Gasteiger partial charge in [0.2, 0.25) is 0 Å². The van der Waals surface area contributed by atoms with Crippen molar-refractivity contribution < 1.29 is 13.2 Å². The molecule has 0 saturated carbocycles. The summed E-state index contributed by atoms with van der Waals surface area (Å²) in [5.41, 5.74) is 4.85. The standard InChI is InChI=1S/C15H21F3N2S/c1-10(2)5-3-4-8-20-11-6-7-12(14(19)21)13(9-11)15(16,17)18/h6-7,9-10,20H,3-5,8H2,1-2H3,(H2,19,21). The average molecular weight is 318 g/mol. The molecule has 1 aromatic carbocycles. The maximum Gasteiger partial charge on any atom is 0.417 e. The zero-order valence-electron chi connectivity index (χ0n) is 12.3. The van der Waals surface area contributed by atoms with Crippen molar-refractivity contribution in [3.05, 3.63) is 29.3 Å². The molecule has 0 spiro atoms. The van der Waals surface area contributed by atoms with E-state index in [1.165, 1.54) is 6.07 Å². The molecule has 6 heteroatoms. The Morgan fingerprint density at radius 1 is 1.29 bits per heavy atom. The molecule has 0 atom stereocenters. The maximum absolute atomic E-state index is 13.0. The van der Waals surface area contributed by atoms with E-state index in [9.17, 15) is 13.2 Å². The molecule has 0 fully saturated rings. The molecule has 0 bridgehead atoms. The fourth-order valence-corrected chi connectivity index (χ4v) is 2.19. The van der Waals surface area contributed by atoms with Crippen LogP contribution in [-0.2, 0) is 6.18 Å². The van der Waals surface area contributed by atoms with Crippen molar-refractivity contribution in [2.75, 3.05) is 11.9 Å². The van der Waals surface area contributed by atoms with Crippen molar-refractivity contribution in [2.45, 2.75) is 39.3 Å². The molecule has 0 unspecified atom stereocenters. The fraction of sp³-hybridized carbons (Fsp3) is 0.533. The fourth-order valence-electron chi connectivity index (χ4n) is 2.01. The largest absolute Gasteiger partial charge is 0.417 e. The van der Waals surface area contributed by atoms with Gasteiger partial charge in [0.05, 0.1) is 5.56 Å². The molecule has 3 N–H and O–H groups in total. The summed E-state index contributed by atoms with van der Waals surface area (Å²) in [5.74, 6) is 0.645. The Labute approximate surface area is 128 Å². The Morgan fingerprint density at radius 2 is 1.95 bits per heavy atom. The van der Waals surface area contributed by atoms with Gasteiger partial charge in [-0.05, 0) is 30.5 Å². The lowest BCUT2D eigenvalue weighted by molar-refractivity contribution is -0.137. The molecule has 0 radical (unpaired) electrons. The topological polar surface area (TPSA) is 38.0 Å². The number of hydrogen-bond donors (Lipinski definition) is 2. The Kier molecular flexibility index (Phi) is 6.45. The molecule has 0 aliphatic carbocycles. The summed E-state index contributed by atoms with van der Waals surface area (Å²) >= 11 is 4.67. The number of halogens is 3. The van der Waals surface area contributed by atoms with Gasteiger partial charge in [-0.2, -0.15) is 13.2 Å². The van der Waals surface area contributed by atoms with Crippen LogP contribution in [0.1, 0.15) is 44.2 Å². The van der Waals surface area contributed by atoms with Gasteiger partial charge >= 0.3 is 6.18 Å². The zero-order chi connectivity index (χ0) is 16.0. The molecule has 0 saturated heterocycles. The first-order chi connectivity index (χ1) is 9.71. The molecule has 21 heavy (non-hydrogen) atoms. The second kappa shape index (κ2) is 7.64. The highest BCUT2D eigenvalue weighted by Crippen LogP contribution is 2.33. The Bertz CT molecular complexity index is 484. The Morgan fingerprint density at radius 3 is 2.48 bits per heavy atom. The highest BCUT2D eigenvalue weighted by molar-refractivity contribution is 7.80. The van der Waals surface area contributed by atoms with Crippen molar-refractivity contribution in [1.82, 2.24) is 0 Å². The van der Waals surface area contributed by atoms with E-state index in [2.05, 4.69) is 31.4 Å². The number of benzene rings is 1. The minimum absolute atomic E-state index is 0.136. The van der Waals surface area contributed by atoms with Crippen LogP contribution in [0.25, 0.3) is 0 Å². The van der Waals surface area contributed by atoms with Crippen molar-refractivity contribution in [1.29, 1.82) is 0 Å². The first-order valence-electron chi connectivity index (χ1n) is 6.96. The van der Waals surface area contributed by atoms with E-state index in [-0.39, 0.29) is 10.6 Å². The molecule has 2 nitrogen and oxygen atoms in total. The molecule has 1 rings (SSSR count). The van der Waals surface area contributed by atoms with E-state index in [0.717, 1.165) is 25.3 Å². The summed E-state index contributed by atoms with van der Waals surface area (Å²) in [5, 5.41) is 3.01. The predicted octanol–water partition coefficient (Wildman–Crippen LogP) is 4.58. The SMILES string of the molecule is CC(C)CCCCNc1ccc(C(N)=S)c(C(F)(F)F)c1. The first-order valence-corrected chi connectivity index (χ1v) is 7.37. The van der Waals surface area contributed by atoms with E-state index >= 15 is 0 Å². The third-order valence-electron chi connectivity index (χ3n) is 3.13. The van der Waals surface area contributed by atoms with Crippen LogP contribution in [0.15, 0.2) is 18.2 Å². The van der Waals surface area contributed by atoms with Gasteiger partial charge in [0.15, 0.2) is 0 Å². The predicted molar refractivity (Wildman–Crippen MR) is 84.5 cm³/mol. The van der Waals surface area contributed by atoms with Crippen LogP contribution in [-0.4, -0.2) is 11.5 Å². The van der Waals surface area contributed by atoms with Gasteiger partial charge in [0.25, 0.3) is 0 Å². The van der Waals surface area contributed by atoms with Gasteiger partial charge in [0.1, 0.15) is 4.99 Å². The third-order valence-corrected chi connectivity index (χ3v) is 3.35. The van der Waals surface area contributed by atoms with Gasteiger partial charge in [-0.15, -0.1) is 0 Å². The molecule has 0 aromatic heterocycles. The molecule has 0 amide bonds. The molecule has 0 aliphatic rings. The smallest absolute Gasteiger partial charge is 0.389 e. The van der Waals surface area contributed by atoms with E-state index < -0.39 is 11.7 Å². The van der Waals surface area contributed by atoms with E-state index in [1.807, 2.05) is 0 Å². The van der Waals surface area contributed by atoms with Gasteiger partial charge in [0, 0.05) is 17.8 Å². The van der Waals surface area contributed by atoms with Crippen LogP contribution in [0.5, 0.6) is 0 Å². The van der Waals surface area contributed by atoms with Gasteiger partial charge in [-0.3, -0.25) is 0 Å². The number of hydrogen-bond acceptors (Lipinski definition) is 2. The van der Waals surface area contributed by atoms with Crippen molar-refractivity contribution in [2.24, 2.45) is 11.7 Å². The summed E-state index contributed by atoms with van der Waals surface area (Å²) in [4.78, 5) is -0.245. The highest BCUT2D eigenvalue weighted by Gasteiger charge is 2.34. The molecule has 1 aromatic rings. The molecule has 118 valence electrons. The van der Waals surface area contributed by atoms with Crippen molar-refractivity contribution in [3.8, 4) is 0 Å². The minimum atomic E-state index is -4.46. The molecular weight excluding hydrogens is 297 g/mol. The van der Waals surface area contributed by atoms with E-state index in [0.29, 0.717) is 18.2 Å². The van der Waals surface area contributed by atoms with Crippen molar-refractivity contribution >= 4 is 22.9 Å². The van der Waals surface area contributed by atoms with Crippen LogP contribution in [0, 0.1) is 5.92 Å². The van der Waals surface area contributed by atoms with Crippen LogP contribution >= 0.6 is 12.2 Å². The Balaban J connectivity index is 2.71. The second-order valence-corrected chi connectivity index (χ2v) is 5.88. The molecule has 0 heterocycles. The van der Waals surface area contributed by atoms with Gasteiger partial charge in [-0.1, -0.05) is 38.9 Å². The number of unbranched alkanes of at least 4 members (excludes halogenated alkanes) is 1. The van der Waals surface area contributed by atoms with Crippen LogP contribution in [0.3, 0.4) is 0 Å². The lowest BCUT2D eigenvalue weighted by atomic mass is 10.1. The number of alkyl halides is 3.